The van der Waals surface area contributed by atoms with E-state index in [-0.39, 0.29) is 11.1 Å². The van der Waals surface area contributed by atoms with Gasteiger partial charge in [-0.2, -0.15) is 0 Å². The summed E-state index contributed by atoms with van der Waals surface area (Å²) in [5.74, 6) is -2.20. The highest BCUT2D eigenvalue weighted by atomic mass is 32.2. The summed E-state index contributed by atoms with van der Waals surface area (Å²) in [5.41, 5.74) is 0.958. The maximum atomic E-state index is 11.0. The summed E-state index contributed by atoms with van der Waals surface area (Å²) >= 11 is 2.62. The Morgan fingerprint density at radius 1 is 1.39 bits per heavy atom. The number of carbonyl (C=O) groups is 2. The predicted octanol–water partition coefficient (Wildman–Crippen LogP) is 2.15. The number of nitrogens with one attached hydrogen (secondary N) is 1. The largest absolute Gasteiger partial charge is 0.481 e. The van der Waals surface area contributed by atoms with Gasteiger partial charge in [-0.05, 0) is 12.1 Å². The minimum absolute atomic E-state index is 0.164. The molecule has 0 saturated carbocycles. The molecule has 0 amide bonds. The first-order valence-corrected chi connectivity index (χ1v) is 7.01. The van der Waals surface area contributed by atoms with Crippen molar-refractivity contribution in [2.45, 2.75) is 21.3 Å². The second-order valence-electron chi connectivity index (χ2n) is 3.65. The SMILES string of the molecule is O=C(O)C[C@H](S[C@H]1Nc2ccccc2S1)C(=O)O. The number of hydrogen-bond donors (Lipinski definition) is 3. The Morgan fingerprint density at radius 2 is 2.11 bits per heavy atom. The van der Waals surface area contributed by atoms with Crippen LogP contribution in [0.3, 0.4) is 0 Å². The molecule has 1 aromatic rings. The van der Waals surface area contributed by atoms with Gasteiger partial charge in [-0.15, -0.1) is 11.8 Å². The smallest absolute Gasteiger partial charge is 0.317 e. The van der Waals surface area contributed by atoms with Crippen LogP contribution in [0.5, 0.6) is 0 Å². The van der Waals surface area contributed by atoms with E-state index in [0.717, 1.165) is 22.3 Å². The van der Waals surface area contributed by atoms with Gasteiger partial charge in [0, 0.05) is 10.6 Å². The van der Waals surface area contributed by atoms with Crippen LogP contribution in [0, 0.1) is 0 Å². The van der Waals surface area contributed by atoms with Gasteiger partial charge < -0.3 is 15.5 Å². The van der Waals surface area contributed by atoms with Crippen LogP contribution in [-0.4, -0.2) is 32.1 Å². The summed E-state index contributed by atoms with van der Waals surface area (Å²) in [4.78, 5) is 22.6. The van der Waals surface area contributed by atoms with Crippen molar-refractivity contribution in [3.8, 4) is 0 Å². The lowest BCUT2D eigenvalue weighted by molar-refractivity contribution is -0.142. The molecule has 0 aromatic heterocycles. The zero-order valence-corrected chi connectivity index (χ0v) is 10.8. The van der Waals surface area contributed by atoms with E-state index in [9.17, 15) is 9.59 Å². The average molecular weight is 285 g/mol. The minimum Gasteiger partial charge on any atom is -0.481 e. The number of anilines is 1. The van der Waals surface area contributed by atoms with E-state index in [1.54, 1.807) is 0 Å². The minimum atomic E-state index is -1.10. The average Bonchev–Trinajstić information content (AvgIpc) is 2.69. The van der Waals surface area contributed by atoms with Gasteiger partial charge in [0.2, 0.25) is 0 Å². The molecule has 2 atom stereocenters. The van der Waals surface area contributed by atoms with Gasteiger partial charge in [-0.3, -0.25) is 9.59 Å². The molecule has 0 aliphatic carbocycles. The van der Waals surface area contributed by atoms with Crippen molar-refractivity contribution < 1.29 is 19.8 Å². The van der Waals surface area contributed by atoms with Gasteiger partial charge in [-0.1, -0.05) is 23.9 Å². The third-order valence-corrected chi connectivity index (χ3v) is 4.94. The molecular weight excluding hydrogens is 274 g/mol. The van der Waals surface area contributed by atoms with E-state index < -0.39 is 17.2 Å². The van der Waals surface area contributed by atoms with Gasteiger partial charge in [-0.25, -0.2) is 0 Å². The summed E-state index contributed by atoms with van der Waals surface area (Å²) in [6, 6.07) is 7.66. The number of thioether (sulfide) groups is 2. The normalized spacial score (nSPS) is 18.8. The predicted molar refractivity (Wildman–Crippen MR) is 71.0 cm³/mol. The van der Waals surface area contributed by atoms with Crippen LogP contribution in [0.2, 0.25) is 0 Å². The van der Waals surface area contributed by atoms with E-state index >= 15 is 0 Å². The number of fused-ring (bicyclic) bond motifs is 1. The maximum absolute atomic E-state index is 11.0. The van der Waals surface area contributed by atoms with E-state index in [1.807, 2.05) is 24.3 Å². The van der Waals surface area contributed by atoms with Gasteiger partial charge in [0.25, 0.3) is 0 Å². The molecule has 5 nitrogen and oxygen atoms in total. The number of carboxylic acid groups (broad SMARTS) is 2. The Bertz CT molecular complexity index is 455. The third-order valence-electron chi connectivity index (χ3n) is 2.32. The highest BCUT2D eigenvalue weighted by molar-refractivity contribution is 8.18. The van der Waals surface area contributed by atoms with E-state index in [2.05, 4.69) is 5.32 Å². The first kappa shape index (κ1) is 13.1. The van der Waals surface area contributed by atoms with Crippen molar-refractivity contribution in [3.63, 3.8) is 0 Å². The van der Waals surface area contributed by atoms with Crippen LogP contribution >= 0.6 is 23.5 Å². The summed E-state index contributed by atoms with van der Waals surface area (Å²) in [6.45, 7) is 0. The fraction of sp³-hybridized carbons (Fsp3) is 0.273. The van der Waals surface area contributed by atoms with Crippen molar-refractivity contribution in [3.05, 3.63) is 24.3 Å². The lowest BCUT2D eigenvalue weighted by Gasteiger charge is -2.15. The van der Waals surface area contributed by atoms with Crippen molar-refractivity contribution >= 4 is 41.1 Å². The van der Waals surface area contributed by atoms with E-state index in [0.29, 0.717) is 0 Å². The molecule has 1 aliphatic rings. The fourth-order valence-electron chi connectivity index (χ4n) is 1.52. The lowest BCUT2D eigenvalue weighted by atomic mass is 10.3. The van der Waals surface area contributed by atoms with Crippen LogP contribution in [0.1, 0.15) is 6.42 Å². The van der Waals surface area contributed by atoms with Crippen molar-refractivity contribution in [1.29, 1.82) is 0 Å². The molecular formula is C11H11NO4S2. The fourth-order valence-corrected chi connectivity index (χ4v) is 4.14. The van der Waals surface area contributed by atoms with Crippen molar-refractivity contribution in [2.75, 3.05) is 5.32 Å². The molecule has 18 heavy (non-hydrogen) atoms. The maximum Gasteiger partial charge on any atom is 0.317 e. The number of benzene rings is 1. The third kappa shape index (κ3) is 3.11. The molecule has 96 valence electrons. The van der Waals surface area contributed by atoms with Crippen LogP contribution in [0.25, 0.3) is 0 Å². The molecule has 3 N–H and O–H groups in total. The molecule has 0 unspecified atom stereocenters. The first-order chi connectivity index (χ1) is 8.56. The van der Waals surface area contributed by atoms with Gasteiger partial charge in [0.15, 0.2) is 0 Å². The molecule has 0 spiro atoms. The van der Waals surface area contributed by atoms with Gasteiger partial charge >= 0.3 is 11.9 Å². The molecule has 0 radical (unpaired) electrons. The van der Waals surface area contributed by atoms with Crippen LogP contribution < -0.4 is 5.32 Å². The summed E-state index contributed by atoms with van der Waals surface area (Å²) in [6.07, 6.45) is -0.380. The van der Waals surface area contributed by atoms with Crippen LogP contribution in [0.15, 0.2) is 29.2 Å². The summed E-state index contributed by atoms with van der Waals surface area (Å²) in [7, 11) is 0. The first-order valence-electron chi connectivity index (χ1n) is 5.18. The number of para-hydroxylation sites is 1. The molecule has 7 heteroatoms. The standard InChI is InChI=1S/C11H11NO4S2/c13-9(14)5-8(10(15)16)18-11-12-6-3-1-2-4-7(6)17-11/h1-4,8,11-12H,5H2,(H,13,14)(H,15,16)/t8-,11-/m0/s1. The second-order valence-corrected chi connectivity index (χ2v) is 6.41. The molecule has 0 fully saturated rings. The number of rotatable bonds is 5. The number of aliphatic carboxylic acids is 2. The summed E-state index contributed by atoms with van der Waals surface area (Å²) < 4.78 is -0.164. The van der Waals surface area contributed by atoms with Gasteiger partial charge in [0.05, 0.1) is 6.42 Å². The number of hydrogen-bond acceptors (Lipinski definition) is 5. The molecule has 0 saturated heterocycles. The monoisotopic (exact) mass is 285 g/mol. The molecule has 1 heterocycles. The van der Waals surface area contributed by atoms with Crippen molar-refractivity contribution in [1.82, 2.24) is 0 Å². The Kier molecular flexibility index (Phi) is 4.03. The molecule has 0 bridgehead atoms. The highest BCUT2D eigenvalue weighted by Gasteiger charge is 2.29. The Hall–Kier alpha value is -1.34. The van der Waals surface area contributed by atoms with E-state index in [1.165, 1.54) is 11.8 Å². The summed E-state index contributed by atoms with van der Waals surface area (Å²) in [5, 5.41) is 19.9. The van der Waals surface area contributed by atoms with E-state index in [4.69, 9.17) is 10.2 Å². The quantitative estimate of drug-likeness (QED) is 0.764. The Labute approximate surface area is 112 Å². The Morgan fingerprint density at radius 3 is 2.72 bits per heavy atom. The molecule has 2 rings (SSSR count). The number of carboxylic acids is 2. The van der Waals surface area contributed by atoms with Crippen molar-refractivity contribution in [2.24, 2.45) is 0 Å². The lowest BCUT2D eigenvalue weighted by Crippen LogP contribution is -2.24. The Balaban J connectivity index is 1.99. The zero-order chi connectivity index (χ0) is 13.1. The topological polar surface area (TPSA) is 86.6 Å². The molecule has 1 aliphatic heterocycles. The molecule has 1 aromatic carbocycles. The highest BCUT2D eigenvalue weighted by Crippen LogP contribution is 2.44. The van der Waals surface area contributed by atoms with Crippen LogP contribution in [0.4, 0.5) is 5.69 Å². The van der Waals surface area contributed by atoms with Gasteiger partial charge in [0.1, 0.15) is 9.96 Å². The second kappa shape index (κ2) is 5.53. The zero-order valence-electron chi connectivity index (χ0n) is 9.20. The van der Waals surface area contributed by atoms with Crippen LogP contribution in [-0.2, 0) is 9.59 Å².